The Kier molecular flexibility index (Phi) is 4.75. The first-order valence-corrected chi connectivity index (χ1v) is 9.88. The summed E-state index contributed by atoms with van der Waals surface area (Å²) in [4.78, 5) is 18.4. The van der Waals surface area contributed by atoms with Crippen LogP contribution in [0.15, 0.2) is 18.2 Å². The predicted octanol–water partition coefficient (Wildman–Crippen LogP) is 2.51. The molecule has 25 heavy (non-hydrogen) atoms. The molecule has 1 unspecified atom stereocenters. The second-order valence-electron chi connectivity index (χ2n) is 7.60. The lowest BCUT2D eigenvalue weighted by Gasteiger charge is -2.34. The first kappa shape index (κ1) is 16.6. The third kappa shape index (κ3) is 3.43. The zero-order chi connectivity index (χ0) is 17.2. The number of carbonyl (C=O) groups excluding carboxylic acids is 1. The highest BCUT2D eigenvalue weighted by atomic mass is 16.1. The standard InChI is InChI=1S/C20H28N4O/c1-2-6-20(25)21-15-9-10-18-17(13-15)22-19-14-23(11-12-24(18)19)16-7-4-3-5-8-16/h9-10,13,16H,2-8,11-12,14H2,1H3,(H,21,25)/p+1. The van der Waals surface area contributed by atoms with E-state index in [9.17, 15) is 4.79 Å². The molecule has 5 nitrogen and oxygen atoms in total. The Morgan fingerprint density at radius 2 is 2.16 bits per heavy atom. The van der Waals surface area contributed by atoms with Crippen LogP contribution in [0.25, 0.3) is 11.0 Å². The van der Waals surface area contributed by atoms with Crippen LogP contribution in [-0.2, 0) is 17.9 Å². The molecule has 2 aromatic rings. The smallest absolute Gasteiger partial charge is 0.224 e. The third-order valence-electron chi connectivity index (χ3n) is 5.81. The summed E-state index contributed by atoms with van der Waals surface area (Å²) in [5.74, 6) is 1.29. The Bertz CT molecular complexity index is 760. The Balaban J connectivity index is 1.53. The van der Waals surface area contributed by atoms with Crippen LogP contribution in [0.3, 0.4) is 0 Å². The van der Waals surface area contributed by atoms with E-state index in [-0.39, 0.29) is 5.91 Å². The van der Waals surface area contributed by atoms with Gasteiger partial charge in [-0.2, -0.15) is 0 Å². The van der Waals surface area contributed by atoms with Gasteiger partial charge < -0.3 is 14.8 Å². The van der Waals surface area contributed by atoms with Crippen LogP contribution in [0.1, 0.15) is 57.7 Å². The first-order valence-electron chi connectivity index (χ1n) is 9.88. The molecule has 2 N–H and O–H groups in total. The van der Waals surface area contributed by atoms with E-state index in [0.29, 0.717) is 6.42 Å². The van der Waals surface area contributed by atoms with Crippen molar-refractivity contribution in [3.8, 4) is 0 Å². The van der Waals surface area contributed by atoms with Gasteiger partial charge in [0.05, 0.1) is 30.2 Å². The van der Waals surface area contributed by atoms with Gasteiger partial charge in [0.2, 0.25) is 5.91 Å². The number of hydrogen-bond donors (Lipinski definition) is 2. The highest BCUT2D eigenvalue weighted by Gasteiger charge is 2.30. The fourth-order valence-electron chi connectivity index (χ4n) is 4.50. The normalized spacial score (nSPS) is 21.2. The van der Waals surface area contributed by atoms with E-state index in [1.807, 2.05) is 19.1 Å². The van der Waals surface area contributed by atoms with Crippen molar-refractivity contribution >= 4 is 22.6 Å². The minimum Gasteiger partial charge on any atom is -0.326 e. The van der Waals surface area contributed by atoms with Crippen molar-refractivity contribution in [1.82, 2.24) is 9.55 Å². The maximum absolute atomic E-state index is 11.8. The van der Waals surface area contributed by atoms with Crippen molar-refractivity contribution in [2.45, 2.75) is 71.0 Å². The topological polar surface area (TPSA) is 51.4 Å². The number of rotatable bonds is 4. The highest BCUT2D eigenvalue weighted by molar-refractivity contribution is 5.93. The Hall–Kier alpha value is -1.88. The maximum atomic E-state index is 11.8. The largest absolute Gasteiger partial charge is 0.326 e. The number of imidazole rings is 1. The molecule has 2 heterocycles. The van der Waals surface area contributed by atoms with E-state index < -0.39 is 0 Å². The number of nitrogens with one attached hydrogen (secondary N) is 2. The quantitative estimate of drug-likeness (QED) is 0.898. The molecule has 1 fully saturated rings. The molecule has 5 heteroatoms. The van der Waals surface area contributed by atoms with Crippen molar-refractivity contribution in [3.05, 3.63) is 24.0 Å². The molecule has 1 aliphatic carbocycles. The fourth-order valence-corrected chi connectivity index (χ4v) is 4.50. The lowest BCUT2D eigenvalue weighted by Crippen LogP contribution is -3.15. The van der Waals surface area contributed by atoms with Gasteiger partial charge in [-0.1, -0.05) is 13.3 Å². The molecular formula is C20H29N4O+. The number of carbonyl (C=O) groups is 1. The number of fused-ring (bicyclic) bond motifs is 3. The van der Waals surface area contributed by atoms with Gasteiger partial charge in [-0.25, -0.2) is 4.98 Å². The number of hydrogen-bond acceptors (Lipinski definition) is 2. The number of quaternary nitrogens is 1. The van der Waals surface area contributed by atoms with Gasteiger partial charge in [-0.05, 0) is 50.3 Å². The predicted molar refractivity (Wildman–Crippen MR) is 99.7 cm³/mol. The molecule has 0 spiro atoms. The van der Waals surface area contributed by atoms with E-state index in [1.54, 1.807) is 4.90 Å². The second-order valence-corrected chi connectivity index (χ2v) is 7.60. The van der Waals surface area contributed by atoms with Gasteiger partial charge in [0.25, 0.3) is 0 Å². The molecule has 1 aliphatic heterocycles. The van der Waals surface area contributed by atoms with Crippen LogP contribution in [-0.4, -0.2) is 28.0 Å². The summed E-state index contributed by atoms with van der Waals surface area (Å²) in [6, 6.07) is 6.96. The van der Waals surface area contributed by atoms with Crippen molar-refractivity contribution in [2.24, 2.45) is 0 Å². The van der Waals surface area contributed by atoms with Crippen LogP contribution >= 0.6 is 0 Å². The lowest BCUT2D eigenvalue weighted by atomic mass is 9.94. The van der Waals surface area contributed by atoms with Crippen LogP contribution in [0.5, 0.6) is 0 Å². The van der Waals surface area contributed by atoms with E-state index >= 15 is 0 Å². The molecule has 4 rings (SSSR count). The van der Waals surface area contributed by atoms with Gasteiger partial charge >= 0.3 is 0 Å². The van der Waals surface area contributed by atoms with Crippen molar-refractivity contribution in [3.63, 3.8) is 0 Å². The first-order chi connectivity index (χ1) is 12.2. The van der Waals surface area contributed by atoms with Gasteiger partial charge in [-0.15, -0.1) is 0 Å². The van der Waals surface area contributed by atoms with E-state index in [1.165, 1.54) is 50.0 Å². The van der Waals surface area contributed by atoms with Gasteiger partial charge in [0.1, 0.15) is 6.54 Å². The molecule has 1 saturated carbocycles. The van der Waals surface area contributed by atoms with Gasteiger partial charge in [0, 0.05) is 12.1 Å². The second kappa shape index (κ2) is 7.16. The molecular weight excluding hydrogens is 312 g/mol. The van der Waals surface area contributed by atoms with Crippen molar-refractivity contribution < 1.29 is 9.69 Å². The third-order valence-corrected chi connectivity index (χ3v) is 5.81. The lowest BCUT2D eigenvalue weighted by molar-refractivity contribution is -0.944. The van der Waals surface area contributed by atoms with Crippen LogP contribution in [0.4, 0.5) is 5.69 Å². The zero-order valence-corrected chi connectivity index (χ0v) is 15.2. The Labute approximate surface area is 149 Å². The fraction of sp³-hybridized carbons (Fsp3) is 0.600. The van der Waals surface area contributed by atoms with Crippen molar-refractivity contribution in [2.75, 3.05) is 11.9 Å². The summed E-state index contributed by atoms with van der Waals surface area (Å²) in [6.45, 7) is 5.32. The SMILES string of the molecule is CCCC(=O)Nc1ccc2c(c1)nc1n2CC[NH+](C2CCCCC2)C1. The number of nitrogens with zero attached hydrogens (tertiary/aromatic N) is 2. The highest BCUT2D eigenvalue weighted by Crippen LogP contribution is 2.22. The monoisotopic (exact) mass is 341 g/mol. The molecule has 1 atom stereocenters. The Morgan fingerprint density at radius 3 is 2.96 bits per heavy atom. The molecule has 0 saturated heterocycles. The van der Waals surface area contributed by atoms with E-state index in [0.717, 1.165) is 36.8 Å². The minimum atomic E-state index is 0.0822. The molecule has 1 aromatic heterocycles. The average Bonchev–Trinajstić information content (AvgIpc) is 2.99. The molecule has 1 amide bonds. The number of benzene rings is 1. The minimum absolute atomic E-state index is 0.0822. The van der Waals surface area contributed by atoms with Crippen LogP contribution < -0.4 is 10.2 Å². The summed E-state index contributed by atoms with van der Waals surface area (Å²) < 4.78 is 2.37. The molecule has 134 valence electrons. The molecule has 1 aromatic carbocycles. The zero-order valence-electron chi connectivity index (χ0n) is 15.2. The van der Waals surface area contributed by atoms with Crippen LogP contribution in [0, 0.1) is 0 Å². The number of aromatic nitrogens is 2. The molecule has 2 aliphatic rings. The van der Waals surface area contributed by atoms with E-state index in [2.05, 4.69) is 16.0 Å². The molecule has 0 bridgehead atoms. The maximum Gasteiger partial charge on any atom is 0.224 e. The van der Waals surface area contributed by atoms with Gasteiger partial charge in [0.15, 0.2) is 5.82 Å². The Morgan fingerprint density at radius 1 is 1.32 bits per heavy atom. The summed E-state index contributed by atoms with van der Waals surface area (Å²) in [5.41, 5.74) is 3.07. The summed E-state index contributed by atoms with van der Waals surface area (Å²) in [5, 5.41) is 2.98. The number of anilines is 1. The van der Waals surface area contributed by atoms with E-state index in [4.69, 9.17) is 4.98 Å². The average molecular weight is 341 g/mol. The van der Waals surface area contributed by atoms with Gasteiger partial charge in [-0.3, -0.25) is 4.79 Å². The summed E-state index contributed by atoms with van der Waals surface area (Å²) in [6.07, 6.45) is 8.39. The van der Waals surface area contributed by atoms with Crippen LogP contribution in [0.2, 0.25) is 0 Å². The molecule has 0 radical (unpaired) electrons. The van der Waals surface area contributed by atoms with Crippen molar-refractivity contribution in [1.29, 1.82) is 0 Å². The number of amides is 1. The summed E-state index contributed by atoms with van der Waals surface area (Å²) >= 11 is 0. The summed E-state index contributed by atoms with van der Waals surface area (Å²) in [7, 11) is 0.